The molecule has 1 rings (SSSR count). The minimum atomic E-state index is -4.64. The fraction of sp³-hybridized carbons (Fsp3) is 0.500. The summed E-state index contributed by atoms with van der Waals surface area (Å²) in [6, 6.07) is -0.334. The minimum Gasteiger partial charge on any atom is -0.394 e. The Kier molecular flexibility index (Phi) is 5.00. The van der Waals surface area contributed by atoms with Gasteiger partial charge in [-0.05, 0) is 19.4 Å². The molecule has 0 spiro atoms. The third-order valence-corrected chi connectivity index (χ3v) is 3.02. The maximum Gasteiger partial charge on any atom is 0.417 e. The van der Waals surface area contributed by atoms with Crippen molar-refractivity contribution in [2.45, 2.75) is 32.0 Å². The van der Waals surface area contributed by atoms with Crippen molar-refractivity contribution in [1.82, 2.24) is 10.3 Å². The predicted molar refractivity (Wildman–Crippen MR) is 70.0 cm³/mol. The molecule has 0 bridgehead atoms. The maximum atomic E-state index is 12.5. The van der Waals surface area contributed by atoms with Crippen molar-refractivity contribution in [3.63, 3.8) is 0 Å². The van der Waals surface area contributed by atoms with E-state index in [1.165, 1.54) is 0 Å². The number of hydrogen-bond acceptors (Lipinski definition) is 3. The number of rotatable bonds is 4. The fourth-order valence-corrected chi connectivity index (χ4v) is 1.41. The number of aliphatic hydroxyl groups is 1. The normalized spacial score (nSPS) is 14.4. The molecule has 0 saturated heterocycles. The van der Waals surface area contributed by atoms with Crippen LogP contribution in [-0.2, 0) is 6.18 Å². The molecule has 1 atom stereocenters. The van der Waals surface area contributed by atoms with E-state index in [0.717, 1.165) is 0 Å². The molecule has 4 N–H and O–H groups in total. The number of nitrogens with one attached hydrogen (secondary N) is 3. The van der Waals surface area contributed by atoms with Gasteiger partial charge in [0.25, 0.3) is 5.56 Å². The molecule has 0 fully saturated rings. The number of aromatic amines is 1. The lowest BCUT2D eigenvalue weighted by molar-refractivity contribution is -0.137. The highest BCUT2D eigenvalue weighted by atomic mass is 19.4. The van der Waals surface area contributed by atoms with Crippen LogP contribution in [0.5, 0.6) is 0 Å². The van der Waals surface area contributed by atoms with Gasteiger partial charge in [0.2, 0.25) is 0 Å². The topological polar surface area (TPSA) is 94.2 Å². The second kappa shape index (κ2) is 6.17. The van der Waals surface area contributed by atoms with Crippen molar-refractivity contribution in [3.8, 4) is 0 Å². The van der Waals surface area contributed by atoms with E-state index in [4.69, 9.17) is 5.11 Å². The van der Waals surface area contributed by atoms with Crippen LogP contribution in [-0.4, -0.2) is 28.3 Å². The molecule has 1 aromatic rings. The number of aromatic nitrogens is 1. The number of H-pyrrole nitrogens is 1. The van der Waals surface area contributed by atoms with Crippen LogP contribution >= 0.6 is 0 Å². The second-order valence-corrected chi connectivity index (χ2v) is 4.78. The molecular weight excluding hydrogens is 291 g/mol. The molecule has 0 aliphatic rings. The zero-order valence-electron chi connectivity index (χ0n) is 11.5. The number of urea groups is 1. The Bertz CT molecular complexity index is 565. The molecule has 0 aliphatic heterocycles. The molecule has 1 aromatic heterocycles. The third-order valence-electron chi connectivity index (χ3n) is 3.02. The summed E-state index contributed by atoms with van der Waals surface area (Å²) in [6.45, 7) is 2.92. The molecule has 21 heavy (non-hydrogen) atoms. The van der Waals surface area contributed by atoms with Gasteiger partial charge in [-0.2, -0.15) is 13.2 Å². The van der Waals surface area contributed by atoms with Gasteiger partial charge in [-0.3, -0.25) is 4.79 Å². The SMILES string of the molecule is CCC(C)(CO)NC(=O)Nc1cc(C(F)(F)F)c[nH]c1=O. The van der Waals surface area contributed by atoms with E-state index >= 15 is 0 Å². The Morgan fingerprint density at radius 3 is 2.52 bits per heavy atom. The number of carbonyl (C=O) groups excluding carboxylic acids is 1. The number of aliphatic hydroxyl groups excluding tert-OH is 1. The standard InChI is InChI=1S/C12H16F3N3O3/c1-3-11(2,6-19)18-10(21)17-8-4-7(12(13,14)15)5-16-9(8)20/h4-5,19H,3,6H2,1-2H3,(H,16,20)(H2,17,18,21). The summed E-state index contributed by atoms with van der Waals surface area (Å²) in [6.07, 6.45) is -3.72. The van der Waals surface area contributed by atoms with Crippen LogP contribution in [0.4, 0.5) is 23.7 Å². The van der Waals surface area contributed by atoms with Crippen LogP contribution in [0.3, 0.4) is 0 Å². The van der Waals surface area contributed by atoms with Gasteiger partial charge in [0.15, 0.2) is 0 Å². The lowest BCUT2D eigenvalue weighted by Gasteiger charge is -2.27. The average Bonchev–Trinajstić information content (AvgIpc) is 2.39. The Labute approximate surface area is 118 Å². The largest absolute Gasteiger partial charge is 0.417 e. The van der Waals surface area contributed by atoms with Crippen LogP contribution < -0.4 is 16.2 Å². The predicted octanol–water partition coefficient (Wildman–Crippen LogP) is 1.68. The monoisotopic (exact) mass is 307 g/mol. The van der Waals surface area contributed by atoms with Crippen molar-refractivity contribution >= 4 is 11.7 Å². The van der Waals surface area contributed by atoms with E-state index in [1.807, 2.05) is 10.3 Å². The minimum absolute atomic E-state index is 0.351. The van der Waals surface area contributed by atoms with Crippen molar-refractivity contribution in [2.24, 2.45) is 0 Å². The Balaban J connectivity index is 2.93. The number of carbonyl (C=O) groups is 1. The molecule has 1 unspecified atom stereocenters. The highest BCUT2D eigenvalue weighted by Crippen LogP contribution is 2.29. The van der Waals surface area contributed by atoms with Crippen LogP contribution in [0.1, 0.15) is 25.8 Å². The molecule has 0 saturated carbocycles. The van der Waals surface area contributed by atoms with Crippen LogP contribution in [0.25, 0.3) is 0 Å². The number of anilines is 1. The first kappa shape index (κ1) is 17.0. The molecule has 2 amide bonds. The molecule has 118 valence electrons. The van der Waals surface area contributed by atoms with Gasteiger partial charge < -0.3 is 20.7 Å². The van der Waals surface area contributed by atoms with E-state index < -0.39 is 34.6 Å². The van der Waals surface area contributed by atoms with Crippen LogP contribution in [0.2, 0.25) is 0 Å². The zero-order chi connectivity index (χ0) is 16.3. The van der Waals surface area contributed by atoms with Gasteiger partial charge in [-0.15, -0.1) is 0 Å². The van der Waals surface area contributed by atoms with Crippen LogP contribution in [0.15, 0.2) is 17.1 Å². The number of alkyl halides is 3. The quantitative estimate of drug-likeness (QED) is 0.681. The smallest absolute Gasteiger partial charge is 0.394 e. The molecule has 0 radical (unpaired) electrons. The fourth-order valence-electron chi connectivity index (χ4n) is 1.41. The van der Waals surface area contributed by atoms with Gasteiger partial charge >= 0.3 is 12.2 Å². The third kappa shape index (κ3) is 4.48. The molecule has 1 heterocycles. The lowest BCUT2D eigenvalue weighted by Crippen LogP contribution is -2.50. The summed E-state index contributed by atoms with van der Waals surface area (Å²) in [5.74, 6) is 0. The molecule has 0 aliphatic carbocycles. The van der Waals surface area contributed by atoms with Crippen molar-refractivity contribution in [2.75, 3.05) is 11.9 Å². The Hall–Kier alpha value is -2.03. The van der Waals surface area contributed by atoms with Gasteiger partial charge in [-0.25, -0.2) is 4.79 Å². The number of amides is 2. The number of hydrogen-bond donors (Lipinski definition) is 4. The maximum absolute atomic E-state index is 12.5. The summed E-state index contributed by atoms with van der Waals surface area (Å²) in [5, 5.41) is 13.6. The van der Waals surface area contributed by atoms with Crippen molar-refractivity contribution < 1.29 is 23.1 Å². The first-order valence-electron chi connectivity index (χ1n) is 6.11. The highest BCUT2D eigenvalue weighted by Gasteiger charge is 2.31. The summed E-state index contributed by atoms with van der Waals surface area (Å²) in [5.41, 5.74) is -3.41. The Morgan fingerprint density at radius 2 is 2.05 bits per heavy atom. The summed E-state index contributed by atoms with van der Waals surface area (Å²) >= 11 is 0. The van der Waals surface area contributed by atoms with Gasteiger partial charge in [0.05, 0.1) is 17.7 Å². The van der Waals surface area contributed by atoms with E-state index in [9.17, 15) is 22.8 Å². The molecule has 6 nitrogen and oxygen atoms in total. The number of halogens is 3. The first-order valence-corrected chi connectivity index (χ1v) is 6.11. The van der Waals surface area contributed by atoms with Gasteiger partial charge in [-0.1, -0.05) is 6.92 Å². The van der Waals surface area contributed by atoms with E-state index in [-0.39, 0.29) is 6.61 Å². The Morgan fingerprint density at radius 1 is 1.43 bits per heavy atom. The van der Waals surface area contributed by atoms with Crippen LogP contribution in [0, 0.1) is 0 Å². The highest BCUT2D eigenvalue weighted by molar-refractivity contribution is 5.89. The number of pyridine rings is 1. The second-order valence-electron chi connectivity index (χ2n) is 4.78. The lowest BCUT2D eigenvalue weighted by atomic mass is 10.0. The first-order chi connectivity index (χ1) is 9.61. The van der Waals surface area contributed by atoms with E-state index in [1.54, 1.807) is 13.8 Å². The van der Waals surface area contributed by atoms with Gasteiger partial charge in [0, 0.05) is 6.20 Å². The zero-order valence-corrected chi connectivity index (χ0v) is 11.5. The molecule has 0 aromatic carbocycles. The van der Waals surface area contributed by atoms with Gasteiger partial charge in [0.1, 0.15) is 5.69 Å². The molecule has 9 heteroatoms. The summed E-state index contributed by atoms with van der Waals surface area (Å²) in [4.78, 5) is 25.0. The molecular formula is C12H16F3N3O3. The summed E-state index contributed by atoms with van der Waals surface area (Å²) < 4.78 is 37.6. The van der Waals surface area contributed by atoms with Crippen molar-refractivity contribution in [3.05, 3.63) is 28.2 Å². The van der Waals surface area contributed by atoms with E-state index in [2.05, 4.69) is 5.32 Å². The average molecular weight is 307 g/mol. The summed E-state index contributed by atoms with van der Waals surface area (Å²) in [7, 11) is 0. The van der Waals surface area contributed by atoms with Crippen molar-refractivity contribution in [1.29, 1.82) is 0 Å². The van der Waals surface area contributed by atoms with E-state index in [0.29, 0.717) is 18.7 Å².